The summed E-state index contributed by atoms with van der Waals surface area (Å²) in [5.41, 5.74) is 3.40. The zero-order valence-corrected chi connectivity index (χ0v) is 15.0. The van der Waals surface area contributed by atoms with E-state index >= 15 is 0 Å². The Morgan fingerprint density at radius 1 is 1.12 bits per heavy atom. The molecule has 126 valence electrons. The molecule has 0 saturated carbocycles. The van der Waals surface area contributed by atoms with Crippen LogP contribution in [0.15, 0.2) is 35.2 Å². The van der Waals surface area contributed by atoms with Gasteiger partial charge >= 0.3 is 0 Å². The molecule has 2 rings (SSSR count). The topological polar surface area (TPSA) is 79.2 Å². The number of nitrogens with zero attached hydrogens (tertiary/aromatic N) is 1. The number of hydrogen-bond donors (Lipinski definition) is 1. The third kappa shape index (κ3) is 3.52. The summed E-state index contributed by atoms with van der Waals surface area (Å²) in [6.07, 6.45) is 0.295. The summed E-state index contributed by atoms with van der Waals surface area (Å²) >= 11 is 0. The Balaban J connectivity index is 2.41. The van der Waals surface area contributed by atoms with Crippen LogP contribution in [0.4, 0.5) is 5.69 Å². The van der Waals surface area contributed by atoms with E-state index in [2.05, 4.69) is 10.8 Å². The summed E-state index contributed by atoms with van der Waals surface area (Å²) in [6, 6.07) is 10.6. The van der Waals surface area contributed by atoms with E-state index in [0.29, 0.717) is 29.0 Å². The average molecular weight is 344 g/mol. The van der Waals surface area contributed by atoms with Gasteiger partial charge in [-0.05, 0) is 61.2 Å². The summed E-state index contributed by atoms with van der Waals surface area (Å²) in [5.74, 6) is 0.671. The Bertz CT molecular complexity index is 895. The van der Waals surface area contributed by atoms with Crippen molar-refractivity contribution >= 4 is 15.7 Å². The number of ether oxygens (including phenoxy) is 1. The van der Waals surface area contributed by atoms with Crippen LogP contribution in [0.1, 0.15) is 22.3 Å². The molecule has 5 nitrogen and oxygen atoms in total. The van der Waals surface area contributed by atoms with E-state index in [1.807, 2.05) is 6.92 Å². The van der Waals surface area contributed by atoms with Crippen molar-refractivity contribution in [3.8, 4) is 11.8 Å². The van der Waals surface area contributed by atoms with Crippen LogP contribution in [0, 0.1) is 32.1 Å². The highest BCUT2D eigenvalue weighted by molar-refractivity contribution is 7.92. The fourth-order valence-electron chi connectivity index (χ4n) is 2.63. The fourth-order valence-corrected chi connectivity index (χ4v) is 4.22. The Morgan fingerprint density at radius 3 is 2.29 bits per heavy atom. The van der Waals surface area contributed by atoms with Gasteiger partial charge in [-0.3, -0.25) is 4.72 Å². The summed E-state index contributed by atoms with van der Waals surface area (Å²) in [6.45, 7) is 5.36. The normalized spacial score (nSPS) is 11.0. The Hall–Kier alpha value is -2.52. The fraction of sp³-hybridized carbons (Fsp3) is 0.278. The highest BCUT2D eigenvalue weighted by Gasteiger charge is 2.22. The molecule has 2 aromatic rings. The van der Waals surface area contributed by atoms with Gasteiger partial charge in [0.1, 0.15) is 5.75 Å². The smallest absolute Gasteiger partial charge is 0.262 e. The molecule has 2 aromatic carbocycles. The van der Waals surface area contributed by atoms with Gasteiger partial charge < -0.3 is 4.74 Å². The first-order chi connectivity index (χ1) is 11.3. The quantitative estimate of drug-likeness (QED) is 0.900. The van der Waals surface area contributed by atoms with Crippen molar-refractivity contribution < 1.29 is 13.2 Å². The molecule has 0 fully saturated rings. The van der Waals surface area contributed by atoms with Crippen LogP contribution < -0.4 is 9.46 Å². The van der Waals surface area contributed by atoms with Crippen molar-refractivity contribution in [2.45, 2.75) is 32.1 Å². The maximum atomic E-state index is 12.8. The lowest BCUT2D eigenvalue weighted by Gasteiger charge is -2.17. The average Bonchev–Trinajstić information content (AvgIpc) is 2.52. The first-order valence-electron chi connectivity index (χ1n) is 7.43. The summed E-state index contributed by atoms with van der Waals surface area (Å²) in [7, 11) is -2.15. The number of methoxy groups -OCH3 is 1. The molecule has 0 spiro atoms. The van der Waals surface area contributed by atoms with E-state index in [-0.39, 0.29) is 4.90 Å². The molecule has 0 aliphatic heterocycles. The van der Waals surface area contributed by atoms with Crippen LogP contribution in [0.2, 0.25) is 0 Å². The number of benzene rings is 2. The summed E-state index contributed by atoms with van der Waals surface area (Å²) in [5, 5.41) is 8.68. The van der Waals surface area contributed by atoms with E-state index in [9.17, 15) is 8.42 Å². The molecule has 0 amide bonds. The van der Waals surface area contributed by atoms with Gasteiger partial charge in [0.2, 0.25) is 0 Å². The summed E-state index contributed by atoms with van der Waals surface area (Å²) in [4.78, 5) is 0.266. The van der Waals surface area contributed by atoms with Crippen LogP contribution in [-0.4, -0.2) is 15.5 Å². The molecule has 6 heteroatoms. The van der Waals surface area contributed by atoms with Crippen molar-refractivity contribution in [3.05, 3.63) is 52.6 Å². The molecular weight excluding hydrogens is 324 g/mol. The van der Waals surface area contributed by atoms with Gasteiger partial charge in [0.25, 0.3) is 10.0 Å². The molecule has 0 heterocycles. The van der Waals surface area contributed by atoms with Gasteiger partial charge in [-0.1, -0.05) is 12.1 Å². The maximum Gasteiger partial charge on any atom is 0.262 e. The van der Waals surface area contributed by atoms with E-state index < -0.39 is 10.0 Å². The molecule has 0 saturated heterocycles. The number of anilines is 1. The largest absolute Gasteiger partial charge is 0.496 e. The van der Waals surface area contributed by atoms with Crippen LogP contribution in [-0.2, 0) is 16.4 Å². The first-order valence-corrected chi connectivity index (χ1v) is 8.92. The second-order valence-corrected chi connectivity index (χ2v) is 7.23. The lowest BCUT2D eigenvalue weighted by atomic mass is 10.1. The van der Waals surface area contributed by atoms with Gasteiger partial charge in [-0.2, -0.15) is 5.26 Å². The van der Waals surface area contributed by atoms with Gasteiger partial charge in [0.05, 0.1) is 24.5 Å². The second-order valence-electron chi connectivity index (χ2n) is 5.61. The van der Waals surface area contributed by atoms with E-state index in [1.165, 1.54) is 0 Å². The van der Waals surface area contributed by atoms with Crippen molar-refractivity contribution in [1.82, 2.24) is 0 Å². The SMILES string of the molecule is COc1cc(C)c(S(=O)(=O)Nc2ccc(CC#N)cc2)c(C)c1C. The lowest BCUT2D eigenvalue weighted by molar-refractivity contribution is 0.410. The van der Waals surface area contributed by atoms with Crippen LogP contribution in [0.3, 0.4) is 0 Å². The third-order valence-corrected chi connectivity index (χ3v) is 5.63. The van der Waals surface area contributed by atoms with E-state index in [4.69, 9.17) is 10.00 Å². The number of nitrogens with one attached hydrogen (secondary N) is 1. The molecule has 24 heavy (non-hydrogen) atoms. The predicted molar refractivity (Wildman–Crippen MR) is 93.8 cm³/mol. The third-order valence-electron chi connectivity index (χ3n) is 3.96. The molecule has 0 radical (unpaired) electrons. The van der Waals surface area contributed by atoms with Gasteiger partial charge in [0.15, 0.2) is 0 Å². The van der Waals surface area contributed by atoms with Gasteiger partial charge in [-0.15, -0.1) is 0 Å². The van der Waals surface area contributed by atoms with Crippen molar-refractivity contribution in [1.29, 1.82) is 5.26 Å². The number of rotatable bonds is 5. The molecule has 0 bridgehead atoms. The lowest BCUT2D eigenvalue weighted by Crippen LogP contribution is -2.16. The van der Waals surface area contributed by atoms with Crippen molar-refractivity contribution in [2.24, 2.45) is 0 Å². The first kappa shape index (κ1) is 17.8. The molecule has 0 aliphatic rings. The molecule has 0 aliphatic carbocycles. The van der Waals surface area contributed by atoms with Crippen molar-refractivity contribution in [2.75, 3.05) is 11.8 Å². The van der Waals surface area contributed by atoms with Crippen molar-refractivity contribution in [3.63, 3.8) is 0 Å². The van der Waals surface area contributed by atoms with E-state index in [1.54, 1.807) is 51.3 Å². The number of nitriles is 1. The van der Waals surface area contributed by atoms with Crippen LogP contribution in [0.25, 0.3) is 0 Å². The molecule has 0 atom stereocenters. The zero-order chi connectivity index (χ0) is 17.9. The molecule has 0 unspecified atom stereocenters. The van der Waals surface area contributed by atoms with Gasteiger partial charge in [-0.25, -0.2) is 8.42 Å². The Kier molecular flexibility index (Phi) is 5.15. The minimum atomic E-state index is -3.72. The molecule has 0 aromatic heterocycles. The Morgan fingerprint density at radius 2 is 1.75 bits per heavy atom. The van der Waals surface area contributed by atoms with Gasteiger partial charge in [0, 0.05) is 5.69 Å². The summed E-state index contributed by atoms with van der Waals surface area (Å²) < 4.78 is 33.5. The highest BCUT2D eigenvalue weighted by Crippen LogP contribution is 2.31. The Labute approximate surface area is 142 Å². The van der Waals surface area contributed by atoms with Crippen LogP contribution >= 0.6 is 0 Å². The standard InChI is InChI=1S/C18H20N2O3S/c1-12-11-17(23-4)13(2)14(3)18(12)24(21,22)20-16-7-5-15(6-8-16)9-10-19/h5-8,11,20H,9H2,1-4H3. The monoisotopic (exact) mass is 344 g/mol. The number of hydrogen-bond acceptors (Lipinski definition) is 4. The minimum absolute atomic E-state index is 0.266. The van der Waals surface area contributed by atoms with Crippen LogP contribution in [0.5, 0.6) is 5.75 Å². The minimum Gasteiger partial charge on any atom is -0.496 e. The second kappa shape index (κ2) is 6.93. The predicted octanol–water partition coefficient (Wildman–Crippen LogP) is 3.49. The molecular formula is C18H20N2O3S. The zero-order valence-electron chi connectivity index (χ0n) is 14.2. The van der Waals surface area contributed by atoms with E-state index in [0.717, 1.165) is 11.1 Å². The maximum absolute atomic E-state index is 12.8. The number of sulfonamides is 1. The highest BCUT2D eigenvalue weighted by atomic mass is 32.2. The molecule has 1 N–H and O–H groups in total. The number of aryl methyl sites for hydroxylation is 1.